The van der Waals surface area contributed by atoms with Gasteiger partial charge in [0, 0.05) is 30.5 Å². The first-order valence-corrected chi connectivity index (χ1v) is 8.37. The van der Waals surface area contributed by atoms with Crippen molar-refractivity contribution in [3.63, 3.8) is 0 Å². The molecule has 1 heterocycles. The molecule has 0 aliphatic heterocycles. The molecular formula is C18H26N6O. The van der Waals surface area contributed by atoms with Gasteiger partial charge in [-0.1, -0.05) is 18.2 Å². The van der Waals surface area contributed by atoms with Crippen LogP contribution in [0.5, 0.6) is 0 Å². The first-order valence-electron chi connectivity index (χ1n) is 8.37. The summed E-state index contributed by atoms with van der Waals surface area (Å²) in [6.07, 6.45) is 0. The highest BCUT2D eigenvalue weighted by molar-refractivity contribution is 5.94. The number of aliphatic imine (C=N–C) groups is 1. The van der Waals surface area contributed by atoms with E-state index in [-0.39, 0.29) is 12.5 Å². The van der Waals surface area contributed by atoms with Crippen molar-refractivity contribution in [3.8, 4) is 0 Å². The van der Waals surface area contributed by atoms with Gasteiger partial charge in [0.1, 0.15) is 0 Å². The molecule has 0 bridgehead atoms. The Balaban J connectivity index is 1.94. The van der Waals surface area contributed by atoms with Crippen LogP contribution in [0.1, 0.15) is 23.9 Å². The minimum absolute atomic E-state index is 0.120. The summed E-state index contributed by atoms with van der Waals surface area (Å²) in [5.41, 5.74) is 3.95. The van der Waals surface area contributed by atoms with Gasteiger partial charge < -0.3 is 16.0 Å². The predicted octanol–water partition coefficient (Wildman–Crippen LogP) is 1.73. The molecule has 2 rings (SSSR count). The SMILES string of the molecule is CCNC(=NCc1c(C)nn(C)c1C)NCC(=O)Nc1ccccc1. The standard InChI is InChI=1S/C18H26N6O/c1-5-19-18(20-11-16-13(2)23-24(4)14(16)3)21-12-17(25)22-15-9-7-6-8-10-15/h6-10H,5,11-12H2,1-4H3,(H,22,25)(H2,19,20,21). The molecule has 1 aromatic heterocycles. The molecule has 7 heteroatoms. The molecule has 1 amide bonds. The fourth-order valence-corrected chi connectivity index (χ4v) is 2.44. The van der Waals surface area contributed by atoms with Gasteiger partial charge in [-0.2, -0.15) is 5.10 Å². The average Bonchev–Trinajstić information content (AvgIpc) is 2.83. The van der Waals surface area contributed by atoms with Gasteiger partial charge >= 0.3 is 0 Å². The maximum absolute atomic E-state index is 12.0. The lowest BCUT2D eigenvalue weighted by atomic mass is 10.2. The second-order valence-corrected chi connectivity index (χ2v) is 5.74. The first-order chi connectivity index (χ1) is 12.0. The number of para-hydroxylation sites is 1. The molecule has 0 aliphatic rings. The molecule has 0 radical (unpaired) electrons. The number of guanidine groups is 1. The van der Waals surface area contributed by atoms with Gasteiger partial charge in [0.05, 0.1) is 18.8 Å². The molecule has 0 saturated carbocycles. The first kappa shape index (κ1) is 18.5. The smallest absolute Gasteiger partial charge is 0.243 e. The lowest BCUT2D eigenvalue weighted by Crippen LogP contribution is -2.41. The number of amides is 1. The molecule has 134 valence electrons. The Kier molecular flexibility index (Phi) is 6.56. The van der Waals surface area contributed by atoms with Crippen molar-refractivity contribution in [2.75, 3.05) is 18.4 Å². The lowest BCUT2D eigenvalue weighted by Gasteiger charge is -2.11. The summed E-state index contributed by atoms with van der Waals surface area (Å²) in [5.74, 6) is 0.485. The number of nitrogens with one attached hydrogen (secondary N) is 3. The summed E-state index contributed by atoms with van der Waals surface area (Å²) in [5, 5.41) is 13.4. The largest absolute Gasteiger partial charge is 0.357 e. The summed E-state index contributed by atoms with van der Waals surface area (Å²) in [6.45, 7) is 7.37. The Morgan fingerprint density at radius 1 is 1.20 bits per heavy atom. The number of aryl methyl sites for hydroxylation is 2. The van der Waals surface area contributed by atoms with E-state index in [0.29, 0.717) is 12.5 Å². The zero-order chi connectivity index (χ0) is 18.2. The van der Waals surface area contributed by atoms with E-state index in [1.165, 1.54) is 0 Å². The number of benzene rings is 1. The van der Waals surface area contributed by atoms with Gasteiger partial charge in [-0.25, -0.2) is 4.99 Å². The second-order valence-electron chi connectivity index (χ2n) is 5.74. The van der Waals surface area contributed by atoms with Crippen molar-refractivity contribution < 1.29 is 4.79 Å². The molecule has 2 aromatic rings. The van der Waals surface area contributed by atoms with Crippen LogP contribution in [-0.2, 0) is 18.4 Å². The van der Waals surface area contributed by atoms with Gasteiger partial charge in [-0.05, 0) is 32.9 Å². The van der Waals surface area contributed by atoms with Crippen LogP contribution in [-0.4, -0.2) is 34.7 Å². The van der Waals surface area contributed by atoms with Gasteiger partial charge in [0.15, 0.2) is 5.96 Å². The molecule has 0 saturated heterocycles. The number of hydrogen-bond donors (Lipinski definition) is 3. The van der Waals surface area contributed by atoms with Crippen molar-refractivity contribution in [3.05, 3.63) is 47.3 Å². The highest BCUT2D eigenvalue weighted by Crippen LogP contribution is 2.12. The average molecular weight is 342 g/mol. The molecule has 3 N–H and O–H groups in total. The van der Waals surface area contributed by atoms with E-state index in [1.54, 1.807) is 0 Å². The van der Waals surface area contributed by atoms with Crippen LogP contribution < -0.4 is 16.0 Å². The Bertz CT molecular complexity index is 736. The normalized spacial score (nSPS) is 11.3. The van der Waals surface area contributed by atoms with Crippen LogP contribution in [0, 0.1) is 13.8 Å². The highest BCUT2D eigenvalue weighted by Gasteiger charge is 2.09. The van der Waals surface area contributed by atoms with Crippen molar-refractivity contribution >= 4 is 17.6 Å². The van der Waals surface area contributed by atoms with E-state index in [1.807, 2.05) is 62.8 Å². The summed E-state index contributed by atoms with van der Waals surface area (Å²) >= 11 is 0. The summed E-state index contributed by atoms with van der Waals surface area (Å²) in [7, 11) is 1.92. The highest BCUT2D eigenvalue weighted by atomic mass is 16.1. The third kappa shape index (κ3) is 5.34. The summed E-state index contributed by atoms with van der Waals surface area (Å²) in [4.78, 5) is 16.6. The Hall–Kier alpha value is -2.83. The van der Waals surface area contributed by atoms with E-state index in [0.717, 1.165) is 29.2 Å². The number of rotatable bonds is 6. The van der Waals surface area contributed by atoms with Gasteiger partial charge in [0.2, 0.25) is 5.91 Å². The number of carbonyl (C=O) groups is 1. The monoisotopic (exact) mass is 342 g/mol. The van der Waals surface area contributed by atoms with E-state index >= 15 is 0 Å². The van der Waals surface area contributed by atoms with Gasteiger partial charge in [-0.15, -0.1) is 0 Å². The number of hydrogen-bond acceptors (Lipinski definition) is 3. The van der Waals surface area contributed by atoms with Crippen molar-refractivity contribution in [1.82, 2.24) is 20.4 Å². The number of anilines is 1. The van der Waals surface area contributed by atoms with Crippen molar-refractivity contribution in [2.24, 2.45) is 12.0 Å². The van der Waals surface area contributed by atoms with E-state index in [4.69, 9.17) is 0 Å². The van der Waals surface area contributed by atoms with Gasteiger partial charge in [0.25, 0.3) is 0 Å². The third-order valence-electron chi connectivity index (χ3n) is 3.87. The van der Waals surface area contributed by atoms with Crippen molar-refractivity contribution in [2.45, 2.75) is 27.3 Å². The zero-order valence-electron chi connectivity index (χ0n) is 15.3. The number of aromatic nitrogens is 2. The van der Waals surface area contributed by atoms with Crippen LogP contribution in [0.4, 0.5) is 5.69 Å². The molecule has 0 spiro atoms. The zero-order valence-corrected chi connectivity index (χ0v) is 15.3. The minimum atomic E-state index is -0.120. The molecule has 0 unspecified atom stereocenters. The van der Waals surface area contributed by atoms with Crippen LogP contribution in [0.2, 0.25) is 0 Å². The third-order valence-corrected chi connectivity index (χ3v) is 3.87. The quantitative estimate of drug-likeness (QED) is 0.551. The summed E-state index contributed by atoms with van der Waals surface area (Å²) < 4.78 is 1.86. The molecule has 1 aromatic carbocycles. The fourth-order valence-electron chi connectivity index (χ4n) is 2.44. The number of nitrogens with zero attached hydrogens (tertiary/aromatic N) is 3. The van der Waals surface area contributed by atoms with E-state index in [2.05, 4.69) is 26.0 Å². The summed E-state index contributed by atoms with van der Waals surface area (Å²) in [6, 6.07) is 9.38. The maximum atomic E-state index is 12.0. The lowest BCUT2D eigenvalue weighted by molar-refractivity contribution is -0.115. The fraction of sp³-hybridized carbons (Fsp3) is 0.389. The van der Waals surface area contributed by atoms with Crippen LogP contribution in [0.25, 0.3) is 0 Å². The molecule has 0 aliphatic carbocycles. The Labute approximate surface area is 148 Å². The predicted molar refractivity (Wildman–Crippen MR) is 101 cm³/mol. The Morgan fingerprint density at radius 3 is 2.52 bits per heavy atom. The molecule has 25 heavy (non-hydrogen) atoms. The van der Waals surface area contributed by atoms with E-state index < -0.39 is 0 Å². The van der Waals surface area contributed by atoms with E-state index in [9.17, 15) is 4.79 Å². The van der Waals surface area contributed by atoms with Crippen LogP contribution >= 0.6 is 0 Å². The van der Waals surface area contributed by atoms with Gasteiger partial charge in [-0.3, -0.25) is 9.48 Å². The minimum Gasteiger partial charge on any atom is -0.357 e. The Morgan fingerprint density at radius 2 is 1.92 bits per heavy atom. The topological polar surface area (TPSA) is 83.3 Å². The molecule has 7 nitrogen and oxygen atoms in total. The second kappa shape index (κ2) is 8.86. The maximum Gasteiger partial charge on any atom is 0.243 e. The van der Waals surface area contributed by atoms with Crippen LogP contribution in [0.3, 0.4) is 0 Å². The molecule has 0 atom stereocenters. The van der Waals surface area contributed by atoms with Crippen molar-refractivity contribution in [1.29, 1.82) is 0 Å². The van der Waals surface area contributed by atoms with Crippen LogP contribution in [0.15, 0.2) is 35.3 Å². The molecular weight excluding hydrogens is 316 g/mol. The number of carbonyl (C=O) groups excluding carboxylic acids is 1. The molecule has 0 fully saturated rings.